The summed E-state index contributed by atoms with van der Waals surface area (Å²) in [5, 5.41) is 0. The van der Waals surface area contributed by atoms with Crippen LogP contribution in [-0.2, 0) is 0 Å². The predicted octanol–water partition coefficient (Wildman–Crippen LogP) is 12.3. The zero-order valence-corrected chi connectivity index (χ0v) is 31.8. The minimum Gasteiger partial charge on any atom is -0.321 e. The van der Waals surface area contributed by atoms with Gasteiger partial charge in [-0.3, -0.25) is 0 Å². The Bertz CT molecular complexity index is 903. The first-order valence-electron chi connectivity index (χ1n) is 17.3. The Balaban J connectivity index is 0.000000758. The van der Waals surface area contributed by atoms with Gasteiger partial charge < -0.3 is 11.7 Å². The van der Waals surface area contributed by atoms with Crippen molar-refractivity contribution >= 4 is 0 Å². The van der Waals surface area contributed by atoms with Gasteiger partial charge in [0.15, 0.2) is 0 Å². The van der Waals surface area contributed by atoms with Gasteiger partial charge in [0.25, 0.3) is 0 Å². The quantitative estimate of drug-likeness (QED) is 0.173. The molecule has 42 heavy (non-hydrogen) atoms. The van der Waals surface area contributed by atoms with Gasteiger partial charge in [-0.15, -0.1) is 0 Å². The van der Waals surface area contributed by atoms with E-state index in [9.17, 15) is 0 Å². The van der Waals surface area contributed by atoms with Crippen molar-refractivity contribution in [3.05, 3.63) is 77.3 Å². The van der Waals surface area contributed by atoms with E-state index in [-0.39, 0.29) is 11.5 Å². The van der Waals surface area contributed by atoms with Gasteiger partial charge in [-0.1, -0.05) is 147 Å². The Morgan fingerprint density at radius 3 is 2.10 bits per heavy atom. The monoisotopic (exact) mass is 815 g/mol. The maximum Gasteiger partial charge on any atom is 0.0446 e. The van der Waals surface area contributed by atoms with Crippen molar-refractivity contribution in [1.29, 1.82) is 0 Å². The van der Waals surface area contributed by atoms with Crippen LogP contribution in [-0.4, -0.2) is 6.04 Å². The van der Waals surface area contributed by atoms with Crippen molar-refractivity contribution in [2.75, 3.05) is 0 Å². The molecule has 245 valence electrons. The molecule has 0 saturated heterocycles. The molecule has 3 unspecified atom stereocenters. The molecule has 1 aromatic rings. The molecule has 0 aliphatic heterocycles. The van der Waals surface area contributed by atoms with E-state index in [2.05, 4.69) is 90.6 Å². The van der Waals surface area contributed by atoms with Gasteiger partial charge >= 0.3 is 0 Å². The zero-order valence-electron chi connectivity index (χ0n) is 29.3. The molecule has 3 saturated carbocycles. The first-order valence-corrected chi connectivity index (χ1v) is 17.3. The summed E-state index contributed by atoms with van der Waals surface area (Å²) >= 11 is 0. The zero-order chi connectivity index (χ0) is 31.0. The number of rotatable bonds is 6. The van der Waals surface area contributed by atoms with Crippen molar-refractivity contribution in [2.24, 2.45) is 28.9 Å². The average Bonchev–Trinajstić information content (AvgIpc) is 3.27. The summed E-state index contributed by atoms with van der Waals surface area (Å²) in [7, 11) is 0. The van der Waals surface area contributed by atoms with Crippen LogP contribution in [0.1, 0.15) is 150 Å². The van der Waals surface area contributed by atoms with Crippen LogP contribution < -0.4 is 5.73 Å². The summed E-state index contributed by atoms with van der Waals surface area (Å²) in [5.74, 6) is 4.77. The van der Waals surface area contributed by atoms with Gasteiger partial charge in [-0.05, 0) is 73.8 Å². The molecule has 3 atom stereocenters. The van der Waals surface area contributed by atoms with E-state index in [1.54, 1.807) is 11.5 Å². The van der Waals surface area contributed by atoms with Gasteiger partial charge in [-0.25, -0.2) is 0 Å². The number of benzene rings is 1. The third-order valence-corrected chi connectivity index (χ3v) is 9.76. The van der Waals surface area contributed by atoms with Gasteiger partial charge in [0.05, 0.1) is 0 Å². The van der Waals surface area contributed by atoms with Crippen LogP contribution in [0, 0.1) is 36.0 Å². The van der Waals surface area contributed by atoms with Gasteiger partial charge in [0, 0.05) is 6.04 Å². The van der Waals surface area contributed by atoms with E-state index in [1.807, 2.05) is 27.7 Å². The van der Waals surface area contributed by atoms with Gasteiger partial charge in [-0.2, -0.15) is 19.3 Å². The molecule has 0 aromatic heterocycles. The van der Waals surface area contributed by atoms with E-state index in [4.69, 9.17) is 5.73 Å². The molecule has 3 fully saturated rings. The molecule has 0 bridgehead atoms. The minimum absolute atomic E-state index is 0. The number of hydrogen-bond acceptors (Lipinski definition) is 1. The number of nitrogens with two attached hydrogens (primary N) is 1. The Morgan fingerprint density at radius 1 is 1.00 bits per heavy atom. The molecule has 3 aliphatic carbocycles. The molecule has 2 heteroatoms. The normalized spacial score (nSPS) is 27.3. The van der Waals surface area contributed by atoms with E-state index >= 15 is 0 Å². The Labute approximate surface area is 257 Å². The summed E-state index contributed by atoms with van der Waals surface area (Å²) in [5.41, 5.74) is 12.4. The van der Waals surface area contributed by atoms with Gasteiger partial charge in [0.2, 0.25) is 0 Å². The summed E-state index contributed by atoms with van der Waals surface area (Å²) in [4.78, 5) is 0. The summed E-state index contributed by atoms with van der Waals surface area (Å²) < 4.78 is 0. The van der Waals surface area contributed by atoms with Crippen LogP contribution in [0.4, 0.5) is 0 Å². The maximum absolute atomic E-state index is 6.56. The second-order valence-corrected chi connectivity index (χ2v) is 13.1. The SMILES string of the molecule is C=C(C(N)/C=C(\C=C/C)C1(C)C[C-](C)C(C)C1)C1CCCCC1.CC.CC.Cc1cccc(C2CCC(C)CC2)c1.[Es]. The maximum atomic E-state index is 6.56. The van der Waals surface area contributed by atoms with E-state index in [0.29, 0.717) is 11.8 Å². The molecule has 4 rings (SSSR count). The standard InChI is InChI=1S/C22H36N.C14H20.2C2H6.Es/c1-6-10-20(22(5)14-16(2)17(3)15-22)13-21(23)18(4)19-11-8-7-9-12-19;1-11-6-8-13(9-7-11)14-5-3-4-12(2)10-14;2*1-2;/h6,10,13,16,19,21H,4,7-9,11-12,14-15,23H2,1-3,5H3;3-5,10-11,13H,6-9H2,1-2H3;2*1-2H3;/q-1;;;;/b10-6-,20-13+;;;;. The number of allylic oxidation sites excluding steroid dienone is 3. The fourth-order valence-electron chi connectivity index (χ4n) is 7.13. The topological polar surface area (TPSA) is 26.0 Å². The number of aryl methyl sites for hydroxylation is 1. The van der Waals surface area contributed by atoms with Crippen LogP contribution >= 0.6 is 0 Å². The molecular weight excluding hydrogens is 746 g/mol. The van der Waals surface area contributed by atoms with Gasteiger partial charge in [0.1, 0.15) is 0 Å². The third-order valence-electron chi connectivity index (χ3n) is 9.76. The average molecular weight is 815 g/mol. The molecular formula is C40H68EsN-. The summed E-state index contributed by atoms with van der Waals surface area (Å²) in [6, 6.07) is 9.05. The molecule has 1 radical (unpaired) electrons. The second kappa shape index (κ2) is 20.3. The molecule has 1 nitrogen and oxygen atoms in total. The fraction of sp³-hybridized carbons (Fsp3) is 0.675. The Morgan fingerprint density at radius 2 is 1.60 bits per heavy atom. The van der Waals surface area contributed by atoms with Crippen LogP contribution in [0.25, 0.3) is 0 Å². The molecule has 1 aromatic carbocycles. The molecule has 0 amide bonds. The number of hydrogen-bond donors (Lipinski definition) is 1. The van der Waals surface area contributed by atoms with Crippen LogP contribution in [0.3, 0.4) is 0 Å². The summed E-state index contributed by atoms with van der Waals surface area (Å²) in [6.07, 6.45) is 21.4. The van der Waals surface area contributed by atoms with Crippen molar-refractivity contribution in [2.45, 2.75) is 152 Å². The van der Waals surface area contributed by atoms with E-state index in [0.717, 1.165) is 11.8 Å². The third kappa shape index (κ3) is 11.9. The summed E-state index contributed by atoms with van der Waals surface area (Å²) in [6.45, 7) is 26.1. The van der Waals surface area contributed by atoms with Crippen molar-refractivity contribution in [1.82, 2.24) is 0 Å². The van der Waals surface area contributed by atoms with Crippen LogP contribution in [0.15, 0.2) is 60.2 Å². The Hall–Kier alpha value is -2.60. The van der Waals surface area contributed by atoms with Crippen molar-refractivity contribution in [3.63, 3.8) is 0 Å². The predicted molar refractivity (Wildman–Crippen MR) is 186 cm³/mol. The van der Waals surface area contributed by atoms with E-state index < -0.39 is 0 Å². The van der Waals surface area contributed by atoms with Crippen LogP contribution in [0.5, 0.6) is 0 Å². The molecule has 2 N–H and O–H groups in total. The van der Waals surface area contributed by atoms with Crippen molar-refractivity contribution < 1.29 is 0 Å². The molecule has 3 aliphatic rings. The Kier molecular flexibility index (Phi) is 19.1. The first-order chi connectivity index (χ1) is 19.6. The smallest absolute Gasteiger partial charge is 0.0446 e. The molecule has 0 spiro atoms. The minimum atomic E-state index is -0.00247. The first kappa shape index (κ1) is 39.4. The van der Waals surface area contributed by atoms with E-state index in [1.165, 1.54) is 87.3 Å². The fourth-order valence-corrected chi connectivity index (χ4v) is 7.13. The largest absolute Gasteiger partial charge is 0.321 e. The second-order valence-electron chi connectivity index (χ2n) is 13.1. The van der Waals surface area contributed by atoms with Crippen LogP contribution in [0.2, 0.25) is 0 Å². The molecule has 0 heterocycles. The van der Waals surface area contributed by atoms with Crippen molar-refractivity contribution in [3.8, 4) is 0 Å².